The van der Waals surface area contributed by atoms with Gasteiger partial charge < -0.3 is 0 Å². The molecule has 0 N–H and O–H groups in total. The van der Waals surface area contributed by atoms with Crippen molar-refractivity contribution in [1.29, 1.82) is 0 Å². The molecule has 4 heteroatoms. The van der Waals surface area contributed by atoms with Gasteiger partial charge in [0.1, 0.15) is 11.6 Å². The van der Waals surface area contributed by atoms with Crippen LogP contribution in [0.2, 0.25) is 0 Å². The molecule has 2 nitrogen and oxygen atoms in total. The molecule has 0 saturated carbocycles. The molecule has 0 aliphatic heterocycles. The fraction of sp³-hybridized carbons (Fsp3) is 0.355. The molecule has 0 bridgehead atoms. The van der Waals surface area contributed by atoms with Crippen LogP contribution in [0.25, 0.3) is 22.5 Å². The summed E-state index contributed by atoms with van der Waals surface area (Å²) in [7, 11) is 0. The second kappa shape index (κ2) is 14.0. The van der Waals surface area contributed by atoms with E-state index in [-0.39, 0.29) is 11.1 Å². The Hall–Kier alpha value is -3.50. The van der Waals surface area contributed by atoms with Gasteiger partial charge in [0.15, 0.2) is 0 Å². The molecule has 0 aliphatic carbocycles. The number of hydrogen-bond acceptors (Lipinski definition) is 2. The van der Waals surface area contributed by atoms with E-state index in [1.54, 1.807) is 37.5 Å². The third kappa shape index (κ3) is 8.04. The molecule has 0 atom stereocenters. The molecule has 0 radical (unpaired) electrons. The molecule has 1 aromatic carbocycles. The molecule has 0 aliphatic rings. The largest absolute Gasteiger partial charge is 0.255 e. The van der Waals surface area contributed by atoms with Crippen LogP contribution in [0.5, 0.6) is 0 Å². The Labute approximate surface area is 208 Å². The average molecular weight is 471 g/mol. The van der Waals surface area contributed by atoms with Crippen LogP contribution in [-0.4, -0.2) is 9.97 Å². The van der Waals surface area contributed by atoms with E-state index in [9.17, 15) is 8.78 Å². The standard InChI is InChI=1S/C31H32F2N2/c1-3-5-6-7-8-9-10-11-12-13-15-25-17-19-31(35-23-25)27-20-26(28(32)21-29(27)33)30-18-16-24(14-4-2)22-34-30/h16-23H,3,5-12H2,1-2H3. The lowest BCUT2D eigenvalue weighted by molar-refractivity contribution is 0.579. The van der Waals surface area contributed by atoms with Gasteiger partial charge in [-0.05, 0) is 43.7 Å². The van der Waals surface area contributed by atoms with Gasteiger partial charge in [0, 0.05) is 47.1 Å². The highest BCUT2D eigenvalue weighted by atomic mass is 19.1. The summed E-state index contributed by atoms with van der Waals surface area (Å²) >= 11 is 0. The van der Waals surface area contributed by atoms with Crippen molar-refractivity contribution in [3.63, 3.8) is 0 Å². The first-order chi connectivity index (χ1) is 17.1. The van der Waals surface area contributed by atoms with Gasteiger partial charge in [0.25, 0.3) is 0 Å². The van der Waals surface area contributed by atoms with Crippen molar-refractivity contribution in [3.05, 3.63) is 71.6 Å². The number of aromatic nitrogens is 2. The quantitative estimate of drug-likeness (QED) is 0.220. The highest BCUT2D eigenvalue weighted by Crippen LogP contribution is 2.29. The fourth-order valence-corrected chi connectivity index (χ4v) is 3.85. The van der Waals surface area contributed by atoms with Crippen LogP contribution in [0.4, 0.5) is 8.78 Å². The predicted molar refractivity (Wildman–Crippen MR) is 139 cm³/mol. The summed E-state index contributed by atoms with van der Waals surface area (Å²) in [6.07, 6.45) is 14.3. The maximum absolute atomic E-state index is 14.6. The molecular weight excluding hydrogens is 438 g/mol. The van der Waals surface area contributed by atoms with Crippen molar-refractivity contribution in [1.82, 2.24) is 9.97 Å². The molecule has 2 aromatic heterocycles. The van der Waals surface area contributed by atoms with Gasteiger partial charge in [-0.15, -0.1) is 5.92 Å². The van der Waals surface area contributed by atoms with E-state index in [2.05, 4.69) is 40.6 Å². The first-order valence-corrected chi connectivity index (χ1v) is 12.5. The van der Waals surface area contributed by atoms with Gasteiger partial charge in [-0.1, -0.05) is 69.6 Å². The number of halogens is 2. The molecular formula is C31H32F2N2. The molecule has 0 fully saturated rings. The molecule has 35 heavy (non-hydrogen) atoms. The number of unbranched alkanes of at least 4 members (excludes halogenated alkanes) is 8. The van der Waals surface area contributed by atoms with E-state index in [0.29, 0.717) is 11.4 Å². The number of pyridine rings is 2. The number of benzene rings is 1. The van der Waals surface area contributed by atoms with Gasteiger partial charge >= 0.3 is 0 Å². The second-order valence-electron chi connectivity index (χ2n) is 8.58. The number of nitrogens with zero attached hydrogens (tertiary/aromatic N) is 2. The first kappa shape index (κ1) is 26.1. The lowest BCUT2D eigenvalue weighted by atomic mass is 10.0. The summed E-state index contributed by atoms with van der Waals surface area (Å²) in [5.41, 5.74) is 2.79. The van der Waals surface area contributed by atoms with Crippen LogP contribution in [0.1, 0.15) is 82.8 Å². The van der Waals surface area contributed by atoms with E-state index in [1.807, 2.05) is 6.07 Å². The van der Waals surface area contributed by atoms with E-state index >= 15 is 0 Å². The molecule has 2 heterocycles. The van der Waals surface area contributed by atoms with Crippen LogP contribution in [-0.2, 0) is 0 Å². The molecule has 3 aromatic rings. The van der Waals surface area contributed by atoms with Crippen molar-refractivity contribution >= 4 is 0 Å². The van der Waals surface area contributed by atoms with Gasteiger partial charge in [0.05, 0.1) is 11.4 Å². The summed E-state index contributed by atoms with van der Waals surface area (Å²) in [6, 6.07) is 9.31. The molecule has 180 valence electrons. The van der Waals surface area contributed by atoms with Crippen molar-refractivity contribution in [2.75, 3.05) is 0 Å². The second-order valence-corrected chi connectivity index (χ2v) is 8.58. The minimum absolute atomic E-state index is 0.216. The predicted octanol–water partition coefficient (Wildman–Crippen LogP) is 8.34. The Kier molecular flexibility index (Phi) is 10.5. The van der Waals surface area contributed by atoms with Crippen molar-refractivity contribution < 1.29 is 8.78 Å². The molecule has 0 amide bonds. The lowest BCUT2D eigenvalue weighted by Gasteiger charge is -2.08. The summed E-state index contributed by atoms with van der Waals surface area (Å²) in [6.45, 7) is 3.97. The van der Waals surface area contributed by atoms with Gasteiger partial charge in [0.2, 0.25) is 0 Å². The summed E-state index contributed by atoms with van der Waals surface area (Å²) in [4.78, 5) is 8.65. The van der Waals surface area contributed by atoms with Crippen molar-refractivity contribution in [3.8, 4) is 46.2 Å². The van der Waals surface area contributed by atoms with Crippen molar-refractivity contribution in [2.45, 2.75) is 71.6 Å². The highest BCUT2D eigenvalue weighted by Gasteiger charge is 2.15. The van der Waals surface area contributed by atoms with Crippen LogP contribution < -0.4 is 0 Å². The van der Waals surface area contributed by atoms with Gasteiger partial charge in [-0.3, -0.25) is 9.97 Å². The Morgan fingerprint density at radius 3 is 1.74 bits per heavy atom. The maximum Gasteiger partial charge on any atom is 0.135 e. The van der Waals surface area contributed by atoms with Crippen LogP contribution in [0.15, 0.2) is 48.8 Å². The maximum atomic E-state index is 14.6. The number of rotatable bonds is 10. The summed E-state index contributed by atoms with van der Waals surface area (Å²) in [5.74, 6) is 10.7. The van der Waals surface area contributed by atoms with E-state index < -0.39 is 11.6 Å². The molecule has 0 spiro atoms. The van der Waals surface area contributed by atoms with Crippen LogP contribution in [0.3, 0.4) is 0 Å². The summed E-state index contributed by atoms with van der Waals surface area (Å²) < 4.78 is 29.1. The van der Waals surface area contributed by atoms with Crippen LogP contribution in [0, 0.1) is 35.3 Å². The van der Waals surface area contributed by atoms with E-state index in [0.717, 1.165) is 30.0 Å². The van der Waals surface area contributed by atoms with E-state index in [4.69, 9.17) is 0 Å². The Morgan fingerprint density at radius 2 is 1.23 bits per heavy atom. The lowest BCUT2D eigenvalue weighted by Crippen LogP contribution is -1.95. The molecule has 0 saturated heterocycles. The SMILES string of the molecule is CC#Cc1ccc(-c2cc(-c3ccc(C#CCCCCCCCCCC)cn3)c(F)cc2F)nc1. The Balaban J connectivity index is 1.61. The number of hydrogen-bond donors (Lipinski definition) is 0. The van der Waals surface area contributed by atoms with E-state index in [1.165, 1.54) is 51.0 Å². The minimum atomic E-state index is -0.670. The minimum Gasteiger partial charge on any atom is -0.255 e. The Bertz CT molecular complexity index is 1210. The third-order valence-corrected chi connectivity index (χ3v) is 5.79. The molecule has 3 rings (SSSR count). The van der Waals surface area contributed by atoms with Crippen LogP contribution >= 0.6 is 0 Å². The topological polar surface area (TPSA) is 25.8 Å². The third-order valence-electron chi connectivity index (χ3n) is 5.79. The average Bonchev–Trinajstić information content (AvgIpc) is 2.87. The smallest absolute Gasteiger partial charge is 0.135 e. The first-order valence-electron chi connectivity index (χ1n) is 12.5. The zero-order chi connectivity index (χ0) is 24.9. The van der Waals surface area contributed by atoms with Gasteiger partial charge in [-0.2, -0.15) is 0 Å². The Morgan fingerprint density at radius 1 is 0.686 bits per heavy atom. The normalized spacial score (nSPS) is 10.3. The molecule has 0 unspecified atom stereocenters. The zero-order valence-corrected chi connectivity index (χ0v) is 20.6. The summed E-state index contributed by atoms with van der Waals surface area (Å²) in [5, 5.41) is 0. The fourth-order valence-electron chi connectivity index (χ4n) is 3.85. The highest BCUT2D eigenvalue weighted by molar-refractivity contribution is 5.71. The van der Waals surface area contributed by atoms with Gasteiger partial charge in [-0.25, -0.2) is 8.78 Å². The van der Waals surface area contributed by atoms with Crippen molar-refractivity contribution in [2.24, 2.45) is 0 Å². The zero-order valence-electron chi connectivity index (χ0n) is 20.6. The monoisotopic (exact) mass is 470 g/mol.